The normalized spacial score (nSPS) is 10.2. The fourth-order valence-corrected chi connectivity index (χ4v) is 2.62. The molecule has 0 fully saturated rings. The van der Waals surface area contributed by atoms with Gasteiger partial charge in [-0.1, -0.05) is 24.3 Å². The molecule has 1 aromatic heterocycles. The van der Waals surface area contributed by atoms with E-state index in [9.17, 15) is 9.59 Å². The van der Waals surface area contributed by atoms with Crippen molar-refractivity contribution in [3.8, 4) is 0 Å². The van der Waals surface area contributed by atoms with Gasteiger partial charge in [-0.05, 0) is 23.8 Å². The summed E-state index contributed by atoms with van der Waals surface area (Å²) in [6.45, 7) is 0.349. The second-order valence-corrected chi connectivity index (χ2v) is 5.91. The van der Waals surface area contributed by atoms with Gasteiger partial charge in [0.25, 0.3) is 0 Å². The number of esters is 1. The molecule has 3 nitrogen and oxygen atoms in total. The molecular formula is C15H14O3S2. The van der Waals surface area contributed by atoms with Gasteiger partial charge in [-0.2, -0.15) is 11.8 Å². The van der Waals surface area contributed by atoms with E-state index in [-0.39, 0.29) is 5.78 Å². The van der Waals surface area contributed by atoms with Crippen LogP contribution in [-0.2, 0) is 4.74 Å². The van der Waals surface area contributed by atoms with Crippen molar-refractivity contribution in [1.82, 2.24) is 0 Å². The number of hydrogen-bond donors (Lipinski definition) is 0. The Morgan fingerprint density at radius 1 is 1.15 bits per heavy atom. The standard InChI is InChI=1S/C15H14O3S2/c1-19-10-8-18-15(17)12-6-3-2-5-11(12)14(16)13-7-4-9-20-13/h2-7,9H,8,10H2,1H3. The summed E-state index contributed by atoms with van der Waals surface area (Å²) in [5, 5.41) is 1.84. The van der Waals surface area contributed by atoms with E-state index in [1.54, 1.807) is 42.1 Å². The number of ether oxygens (including phenoxy) is 1. The lowest BCUT2D eigenvalue weighted by molar-refractivity contribution is 0.0527. The molecule has 2 rings (SSSR count). The summed E-state index contributed by atoms with van der Waals surface area (Å²) in [6.07, 6.45) is 1.95. The van der Waals surface area contributed by atoms with Crippen molar-refractivity contribution >= 4 is 34.9 Å². The van der Waals surface area contributed by atoms with Gasteiger partial charge in [0.2, 0.25) is 5.78 Å². The molecule has 0 N–H and O–H groups in total. The molecule has 0 saturated heterocycles. The molecule has 1 aromatic carbocycles. The van der Waals surface area contributed by atoms with Gasteiger partial charge >= 0.3 is 5.97 Å². The number of rotatable bonds is 6. The van der Waals surface area contributed by atoms with Gasteiger partial charge in [0.05, 0.1) is 10.4 Å². The lowest BCUT2D eigenvalue weighted by Crippen LogP contribution is -2.13. The lowest BCUT2D eigenvalue weighted by Gasteiger charge is -2.07. The Hall–Kier alpha value is -1.59. The molecule has 0 aliphatic carbocycles. The number of ketones is 1. The third-order valence-corrected chi connectivity index (χ3v) is 4.10. The highest BCUT2D eigenvalue weighted by atomic mass is 32.2. The first-order chi connectivity index (χ1) is 9.74. The topological polar surface area (TPSA) is 43.4 Å². The molecule has 0 spiro atoms. The molecule has 0 unspecified atom stereocenters. The Kier molecular flexibility index (Phi) is 5.38. The molecule has 2 aromatic rings. The van der Waals surface area contributed by atoms with Crippen molar-refractivity contribution < 1.29 is 14.3 Å². The van der Waals surface area contributed by atoms with E-state index in [0.29, 0.717) is 22.6 Å². The molecule has 104 valence electrons. The summed E-state index contributed by atoms with van der Waals surface area (Å²) < 4.78 is 5.17. The van der Waals surface area contributed by atoms with E-state index in [1.165, 1.54) is 11.3 Å². The van der Waals surface area contributed by atoms with Crippen LogP contribution < -0.4 is 0 Å². The highest BCUT2D eigenvalue weighted by Crippen LogP contribution is 2.19. The molecule has 0 aliphatic rings. The van der Waals surface area contributed by atoms with E-state index in [4.69, 9.17) is 4.74 Å². The second kappa shape index (κ2) is 7.26. The molecule has 0 radical (unpaired) electrons. The monoisotopic (exact) mass is 306 g/mol. The maximum atomic E-state index is 12.4. The van der Waals surface area contributed by atoms with Gasteiger partial charge in [0, 0.05) is 11.3 Å². The zero-order valence-corrected chi connectivity index (χ0v) is 12.6. The van der Waals surface area contributed by atoms with Gasteiger partial charge in [-0.25, -0.2) is 4.79 Å². The minimum Gasteiger partial charge on any atom is -0.461 e. The molecule has 0 amide bonds. The van der Waals surface area contributed by atoms with Crippen LogP contribution >= 0.6 is 23.1 Å². The maximum Gasteiger partial charge on any atom is 0.338 e. The van der Waals surface area contributed by atoms with Crippen molar-refractivity contribution in [2.75, 3.05) is 18.6 Å². The van der Waals surface area contributed by atoms with E-state index in [1.807, 2.05) is 17.7 Å². The van der Waals surface area contributed by atoms with E-state index in [2.05, 4.69) is 0 Å². The van der Waals surface area contributed by atoms with E-state index < -0.39 is 5.97 Å². The first-order valence-corrected chi connectivity index (χ1v) is 8.34. The Bertz CT molecular complexity index is 591. The number of hydrogen-bond acceptors (Lipinski definition) is 5. The summed E-state index contributed by atoms with van der Waals surface area (Å²) in [6, 6.07) is 10.3. The van der Waals surface area contributed by atoms with Gasteiger partial charge in [0.1, 0.15) is 6.61 Å². The smallest absolute Gasteiger partial charge is 0.338 e. The Morgan fingerprint density at radius 2 is 1.90 bits per heavy atom. The van der Waals surface area contributed by atoms with E-state index >= 15 is 0 Å². The van der Waals surface area contributed by atoms with Crippen LogP contribution in [0.2, 0.25) is 0 Å². The lowest BCUT2D eigenvalue weighted by atomic mass is 10.0. The van der Waals surface area contributed by atoms with Crippen LogP contribution in [0.25, 0.3) is 0 Å². The summed E-state index contributed by atoms with van der Waals surface area (Å²) >= 11 is 2.97. The summed E-state index contributed by atoms with van der Waals surface area (Å²) in [5.41, 5.74) is 0.719. The van der Waals surface area contributed by atoms with Crippen molar-refractivity contribution in [3.63, 3.8) is 0 Å². The Labute approximate surface area is 126 Å². The van der Waals surface area contributed by atoms with Crippen molar-refractivity contribution in [3.05, 3.63) is 57.8 Å². The van der Waals surface area contributed by atoms with Crippen molar-refractivity contribution in [1.29, 1.82) is 0 Å². The van der Waals surface area contributed by atoms with Crippen LogP contribution in [0, 0.1) is 0 Å². The average molecular weight is 306 g/mol. The average Bonchev–Trinajstić information content (AvgIpc) is 3.01. The van der Waals surface area contributed by atoms with Crippen LogP contribution in [0.3, 0.4) is 0 Å². The van der Waals surface area contributed by atoms with Crippen molar-refractivity contribution in [2.45, 2.75) is 0 Å². The van der Waals surface area contributed by atoms with Gasteiger partial charge < -0.3 is 4.74 Å². The number of thioether (sulfide) groups is 1. The predicted octanol–water partition coefficient (Wildman–Crippen LogP) is 3.50. The summed E-state index contributed by atoms with van der Waals surface area (Å²) in [5.74, 6) is 0.157. The maximum absolute atomic E-state index is 12.4. The first-order valence-electron chi connectivity index (χ1n) is 6.07. The third-order valence-electron chi connectivity index (χ3n) is 2.66. The molecule has 0 saturated carbocycles. The van der Waals surface area contributed by atoms with Crippen molar-refractivity contribution in [2.24, 2.45) is 0 Å². The number of carbonyl (C=O) groups excluding carboxylic acids is 2. The predicted molar refractivity (Wildman–Crippen MR) is 82.9 cm³/mol. The summed E-state index contributed by atoms with van der Waals surface area (Å²) in [4.78, 5) is 25.0. The first kappa shape index (κ1) is 14.8. The minimum atomic E-state index is -0.445. The molecule has 0 bridgehead atoms. The molecule has 0 atom stereocenters. The quantitative estimate of drug-likeness (QED) is 0.465. The van der Waals surface area contributed by atoms with Crippen LogP contribution in [0.4, 0.5) is 0 Å². The Balaban J connectivity index is 2.22. The van der Waals surface area contributed by atoms with E-state index in [0.717, 1.165) is 5.75 Å². The highest BCUT2D eigenvalue weighted by molar-refractivity contribution is 7.98. The molecule has 20 heavy (non-hydrogen) atoms. The molecule has 1 heterocycles. The number of benzene rings is 1. The SMILES string of the molecule is CSCCOC(=O)c1ccccc1C(=O)c1cccs1. The van der Waals surface area contributed by atoms with Crippen LogP contribution in [-0.4, -0.2) is 30.4 Å². The molecule has 5 heteroatoms. The highest BCUT2D eigenvalue weighted by Gasteiger charge is 2.19. The molecule has 0 aliphatic heterocycles. The zero-order chi connectivity index (χ0) is 14.4. The minimum absolute atomic E-state index is 0.141. The third kappa shape index (κ3) is 3.49. The fourth-order valence-electron chi connectivity index (χ4n) is 1.70. The van der Waals surface area contributed by atoms with Gasteiger partial charge in [0.15, 0.2) is 0 Å². The largest absolute Gasteiger partial charge is 0.461 e. The Morgan fingerprint density at radius 3 is 2.55 bits per heavy atom. The fraction of sp³-hybridized carbons (Fsp3) is 0.200. The zero-order valence-electron chi connectivity index (χ0n) is 11.0. The summed E-state index contributed by atoms with van der Waals surface area (Å²) in [7, 11) is 0. The second-order valence-electron chi connectivity index (χ2n) is 3.98. The molecular weight excluding hydrogens is 292 g/mol. The van der Waals surface area contributed by atoms with Crippen LogP contribution in [0.1, 0.15) is 25.6 Å². The number of thiophene rings is 1. The van der Waals surface area contributed by atoms with Gasteiger partial charge in [-0.3, -0.25) is 4.79 Å². The van der Waals surface area contributed by atoms with Crippen LogP contribution in [0.15, 0.2) is 41.8 Å². The van der Waals surface area contributed by atoms with Crippen LogP contribution in [0.5, 0.6) is 0 Å². The number of carbonyl (C=O) groups is 2. The van der Waals surface area contributed by atoms with Gasteiger partial charge in [-0.15, -0.1) is 11.3 Å².